The Balaban J connectivity index is 0.0000152. The summed E-state index contributed by atoms with van der Waals surface area (Å²) in [7, 11) is 0. The van der Waals surface area contributed by atoms with Crippen LogP contribution in [0.4, 0.5) is 0 Å². The summed E-state index contributed by atoms with van der Waals surface area (Å²) in [6, 6.07) is 0. The normalized spacial score (nSPS) is 12.1. The number of hydrogen-bond acceptors (Lipinski definition) is 1. The Morgan fingerprint density at radius 3 is 1.07 bits per heavy atom. The quantitative estimate of drug-likeness (QED) is 0.0728. The van der Waals surface area contributed by atoms with E-state index >= 15 is 0 Å². The number of nitrogens with zero attached hydrogens (tertiary/aromatic N) is 2. The van der Waals surface area contributed by atoms with Gasteiger partial charge in [-0.15, -0.1) is 17.0 Å². The van der Waals surface area contributed by atoms with Gasteiger partial charge in [-0.05, 0) is 12.3 Å². The van der Waals surface area contributed by atoms with Crippen LogP contribution < -0.4 is 0 Å². The summed E-state index contributed by atoms with van der Waals surface area (Å²) < 4.78 is 2.28. The van der Waals surface area contributed by atoms with E-state index in [-0.39, 0.29) is 17.0 Å². The second-order valence-corrected chi connectivity index (χ2v) is 12.9. The molecule has 2 nitrogen and oxygen atoms in total. The summed E-state index contributed by atoms with van der Waals surface area (Å²) in [5.74, 6) is 0.914. The molecule has 3 heteroatoms. The van der Waals surface area contributed by atoms with Crippen molar-refractivity contribution in [2.45, 2.75) is 213 Å². The Kier molecular flexibility index (Phi) is 32.9. The topological polar surface area (TPSA) is 17.8 Å². The van der Waals surface area contributed by atoms with Crippen LogP contribution in [0.25, 0.3) is 0 Å². The fraction of sp³-hybridized carbons (Fsp3) is 0.919. The van der Waals surface area contributed by atoms with Crippen molar-refractivity contribution in [1.82, 2.24) is 9.55 Å². The van der Waals surface area contributed by atoms with Gasteiger partial charge in [-0.2, -0.15) is 0 Å². The van der Waals surface area contributed by atoms with Gasteiger partial charge in [-0.1, -0.05) is 200 Å². The SMILES string of the molecule is Br.CCCCCCCCCCCCCCCCC(CCCCCCCCCCCCCCC)CCn1ccnc1. The molecule has 1 rings (SSSR count). The van der Waals surface area contributed by atoms with Crippen molar-refractivity contribution < 1.29 is 0 Å². The molecule has 238 valence electrons. The molecule has 1 aromatic heterocycles. The van der Waals surface area contributed by atoms with E-state index in [0.29, 0.717) is 0 Å². The van der Waals surface area contributed by atoms with Gasteiger partial charge in [0.25, 0.3) is 0 Å². The number of unbranched alkanes of at least 4 members (excludes halogenated alkanes) is 25. The number of hydrogen-bond donors (Lipinski definition) is 0. The third-order valence-electron chi connectivity index (χ3n) is 9.04. The van der Waals surface area contributed by atoms with Crippen LogP contribution in [0.5, 0.6) is 0 Å². The maximum atomic E-state index is 4.24. The zero-order valence-corrected chi connectivity index (χ0v) is 29.2. The first-order chi connectivity index (χ1) is 19.4. The Morgan fingerprint density at radius 2 is 0.775 bits per heavy atom. The molecule has 1 heterocycles. The molecule has 0 aliphatic carbocycles. The number of aromatic nitrogens is 2. The van der Waals surface area contributed by atoms with Gasteiger partial charge in [0, 0.05) is 18.9 Å². The molecule has 0 fully saturated rings. The molecule has 0 saturated carbocycles. The third kappa shape index (κ3) is 27.8. The van der Waals surface area contributed by atoms with E-state index in [9.17, 15) is 0 Å². The van der Waals surface area contributed by atoms with E-state index < -0.39 is 0 Å². The standard InChI is InChI=1S/C37H72N2.BrH/c1-3-5-7-9-11-13-15-17-19-21-23-25-27-29-31-37(32-34-39-35-33-38-36-39)30-28-26-24-22-20-18-16-14-12-10-8-6-4-2;/h33,35-37H,3-32,34H2,1-2H3;1H. The van der Waals surface area contributed by atoms with Crippen LogP contribution in [0.15, 0.2) is 18.7 Å². The summed E-state index contributed by atoms with van der Waals surface area (Å²) in [5, 5.41) is 0. The largest absolute Gasteiger partial charge is 0.337 e. The van der Waals surface area contributed by atoms with Crippen molar-refractivity contribution in [3.8, 4) is 0 Å². The minimum atomic E-state index is 0. The van der Waals surface area contributed by atoms with E-state index in [2.05, 4.69) is 29.6 Å². The van der Waals surface area contributed by atoms with Crippen LogP contribution >= 0.6 is 17.0 Å². The highest BCUT2D eigenvalue weighted by molar-refractivity contribution is 8.93. The maximum Gasteiger partial charge on any atom is 0.0945 e. The van der Waals surface area contributed by atoms with Gasteiger partial charge < -0.3 is 4.57 Å². The summed E-state index contributed by atoms with van der Waals surface area (Å²) in [6.07, 6.45) is 49.6. The first-order valence-electron chi connectivity index (χ1n) is 18.3. The van der Waals surface area contributed by atoms with Crippen LogP contribution in [0.2, 0.25) is 0 Å². The van der Waals surface area contributed by atoms with Crippen molar-refractivity contribution in [2.75, 3.05) is 0 Å². The first kappa shape index (κ1) is 39.7. The smallest absolute Gasteiger partial charge is 0.0945 e. The first-order valence-corrected chi connectivity index (χ1v) is 18.3. The van der Waals surface area contributed by atoms with Crippen molar-refractivity contribution in [1.29, 1.82) is 0 Å². The van der Waals surface area contributed by atoms with Crippen LogP contribution in [-0.2, 0) is 6.54 Å². The van der Waals surface area contributed by atoms with Gasteiger partial charge >= 0.3 is 0 Å². The van der Waals surface area contributed by atoms with Crippen LogP contribution in [-0.4, -0.2) is 9.55 Å². The van der Waals surface area contributed by atoms with Gasteiger partial charge in [0.05, 0.1) is 6.33 Å². The molecule has 1 aromatic rings. The summed E-state index contributed by atoms with van der Waals surface area (Å²) in [6.45, 7) is 5.77. The Morgan fingerprint density at radius 1 is 0.450 bits per heavy atom. The van der Waals surface area contributed by atoms with Gasteiger partial charge in [0.1, 0.15) is 0 Å². The van der Waals surface area contributed by atoms with Crippen molar-refractivity contribution in [3.05, 3.63) is 18.7 Å². The summed E-state index contributed by atoms with van der Waals surface area (Å²) >= 11 is 0. The molecule has 0 spiro atoms. The number of imidazole rings is 1. The van der Waals surface area contributed by atoms with E-state index in [1.807, 2.05) is 12.5 Å². The lowest BCUT2D eigenvalue weighted by molar-refractivity contribution is 0.361. The molecule has 0 N–H and O–H groups in total. The van der Waals surface area contributed by atoms with E-state index in [1.165, 1.54) is 193 Å². The molecule has 40 heavy (non-hydrogen) atoms. The second kappa shape index (κ2) is 33.2. The minimum Gasteiger partial charge on any atom is -0.337 e. The molecule has 0 aromatic carbocycles. The molecule has 0 aliphatic heterocycles. The molecule has 0 saturated heterocycles. The van der Waals surface area contributed by atoms with E-state index in [1.54, 1.807) is 0 Å². The zero-order chi connectivity index (χ0) is 27.9. The second-order valence-electron chi connectivity index (χ2n) is 12.9. The Hall–Kier alpha value is -0.310. The summed E-state index contributed by atoms with van der Waals surface area (Å²) in [4.78, 5) is 4.24. The van der Waals surface area contributed by atoms with Gasteiger partial charge in [-0.3, -0.25) is 0 Å². The zero-order valence-electron chi connectivity index (χ0n) is 27.5. The van der Waals surface area contributed by atoms with Crippen molar-refractivity contribution in [3.63, 3.8) is 0 Å². The molecule has 1 atom stereocenters. The Bertz CT molecular complexity index is 559. The fourth-order valence-corrected chi connectivity index (χ4v) is 6.26. The van der Waals surface area contributed by atoms with Gasteiger partial charge in [-0.25, -0.2) is 4.98 Å². The molecule has 0 aliphatic rings. The van der Waals surface area contributed by atoms with Crippen LogP contribution in [0.1, 0.15) is 206 Å². The number of halogens is 1. The van der Waals surface area contributed by atoms with E-state index in [4.69, 9.17) is 0 Å². The highest BCUT2D eigenvalue weighted by Gasteiger charge is 2.09. The average Bonchev–Trinajstić information content (AvgIpc) is 3.47. The molecule has 0 radical (unpaired) electrons. The van der Waals surface area contributed by atoms with Gasteiger partial charge in [0.2, 0.25) is 0 Å². The average molecular weight is 626 g/mol. The predicted molar refractivity (Wildman–Crippen MR) is 186 cm³/mol. The monoisotopic (exact) mass is 624 g/mol. The van der Waals surface area contributed by atoms with E-state index in [0.717, 1.165) is 12.5 Å². The van der Waals surface area contributed by atoms with Crippen LogP contribution in [0.3, 0.4) is 0 Å². The molecule has 0 amide bonds. The maximum absolute atomic E-state index is 4.24. The van der Waals surface area contributed by atoms with Crippen LogP contribution in [0, 0.1) is 5.92 Å². The van der Waals surface area contributed by atoms with Crippen molar-refractivity contribution >= 4 is 17.0 Å². The fourth-order valence-electron chi connectivity index (χ4n) is 6.26. The molecule has 1 unspecified atom stereocenters. The third-order valence-corrected chi connectivity index (χ3v) is 9.04. The highest BCUT2D eigenvalue weighted by Crippen LogP contribution is 2.23. The molecular weight excluding hydrogens is 552 g/mol. The minimum absolute atomic E-state index is 0. The lowest BCUT2D eigenvalue weighted by Crippen LogP contribution is -2.06. The predicted octanol–water partition coefficient (Wildman–Crippen LogP) is 13.8. The van der Waals surface area contributed by atoms with Gasteiger partial charge in [0.15, 0.2) is 0 Å². The van der Waals surface area contributed by atoms with Crippen molar-refractivity contribution in [2.24, 2.45) is 5.92 Å². The number of rotatable bonds is 32. The molecule has 0 bridgehead atoms. The Labute approximate surface area is 263 Å². The summed E-state index contributed by atoms with van der Waals surface area (Å²) in [5.41, 5.74) is 0. The molecular formula is C37H73BrN2. The highest BCUT2D eigenvalue weighted by atomic mass is 79.9. The lowest BCUT2D eigenvalue weighted by Gasteiger charge is -2.17. The lowest BCUT2D eigenvalue weighted by atomic mass is 9.91. The number of aryl methyl sites for hydroxylation is 1.